The molecule has 1 aliphatic heterocycles. The standard InChI is InChI=1S/C20H19N5O3S/c1-29-20-23-18-17(19(26)24-20)21-15(13-7-9-14(10-8-13)25(27)28)11-16(22-18)12-5-3-2-4-6-12/h2-10,16,25,27H,11H2,1H3,(H2,22,23,24,26). The minimum absolute atomic E-state index is 0.139. The number of aromatic amines is 1. The second-order valence-corrected chi connectivity index (χ2v) is 7.32. The summed E-state index contributed by atoms with van der Waals surface area (Å²) >= 11 is 1.35. The van der Waals surface area contributed by atoms with Crippen LogP contribution in [0.5, 0.6) is 0 Å². The number of aromatic nitrogens is 2. The zero-order valence-electron chi connectivity index (χ0n) is 15.5. The molecule has 0 amide bonds. The number of aliphatic imine (C=N–C) groups is 1. The normalized spacial score (nSPS) is 16.9. The van der Waals surface area contributed by atoms with E-state index in [2.05, 4.69) is 20.3 Å². The van der Waals surface area contributed by atoms with Crippen molar-refractivity contribution < 1.29 is 10.4 Å². The van der Waals surface area contributed by atoms with Crippen molar-refractivity contribution in [1.29, 1.82) is 0 Å². The first kappa shape index (κ1) is 19.3. The summed E-state index contributed by atoms with van der Waals surface area (Å²) in [6, 6.07) is 16.3. The summed E-state index contributed by atoms with van der Waals surface area (Å²) < 4.78 is 0. The van der Waals surface area contributed by atoms with Gasteiger partial charge in [0.1, 0.15) is 0 Å². The fourth-order valence-electron chi connectivity index (χ4n) is 3.21. The number of nitrogens with zero attached hydrogens (tertiary/aromatic N) is 2. The fourth-order valence-corrected chi connectivity index (χ4v) is 3.59. The van der Waals surface area contributed by atoms with Crippen LogP contribution in [-0.4, -0.2) is 27.1 Å². The van der Waals surface area contributed by atoms with Crippen LogP contribution in [0.2, 0.25) is 0 Å². The van der Waals surface area contributed by atoms with E-state index >= 15 is 0 Å². The summed E-state index contributed by atoms with van der Waals surface area (Å²) in [6.45, 7) is 0. The third-order valence-corrected chi connectivity index (χ3v) is 5.27. The van der Waals surface area contributed by atoms with Crippen LogP contribution >= 0.6 is 11.8 Å². The summed E-state index contributed by atoms with van der Waals surface area (Å²) in [5.74, 6) is 0.434. The van der Waals surface area contributed by atoms with Crippen LogP contribution in [0.1, 0.15) is 23.6 Å². The van der Waals surface area contributed by atoms with E-state index in [4.69, 9.17) is 5.21 Å². The fraction of sp³-hybridized carbons (Fsp3) is 0.150. The molecule has 148 valence electrons. The van der Waals surface area contributed by atoms with E-state index in [1.165, 1.54) is 23.9 Å². The van der Waals surface area contributed by atoms with E-state index in [0.717, 1.165) is 11.1 Å². The molecule has 4 rings (SSSR count). The Morgan fingerprint density at radius 3 is 2.55 bits per heavy atom. The van der Waals surface area contributed by atoms with E-state index in [-0.39, 0.29) is 23.0 Å². The van der Waals surface area contributed by atoms with Gasteiger partial charge in [0.25, 0.3) is 5.56 Å². The summed E-state index contributed by atoms with van der Waals surface area (Å²) in [6.07, 6.45) is 2.36. The number of H-pyrrole nitrogens is 1. The Morgan fingerprint density at radius 1 is 1.17 bits per heavy atom. The topological polar surface area (TPSA) is 118 Å². The third kappa shape index (κ3) is 4.08. The number of quaternary nitrogens is 1. The van der Waals surface area contributed by atoms with Crippen molar-refractivity contribution in [3.8, 4) is 0 Å². The number of nitrogens with one attached hydrogen (secondary N) is 3. The Morgan fingerprint density at radius 2 is 1.90 bits per heavy atom. The van der Waals surface area contributed by atoms with Crippen molar-refractivity contribution >= 4 is 34.7 Å². The van der Waals surface area contributed by atoms with Gasteiger partial charge in [0.05, 0.1) is 11.8 Å². The monoisotopic (exact) mass is 409 g/mol. The lowest BCUT2D eigenvalue weighted by atomic mass is 9.97. The van der Waals surface area contributed by atoms with Crippen LogP contribution < -0.4 is 16.1 Å². The number of hydrogen-bond acceptors (Lipinski definition) is 7. The average molecular weight is 409 g/mol. The summed E-state index contributed by atoms with van der Waals surface area (Å²) in [7, 11) is 0. The highest BCUT2D eigenvalue weighted by molar-refractivity contribution is 7.98. The minimum Gasteiger partial charge on any atom is -0.595 e. The number of anilines is 1. The Hall–Kier alpha value is -2.98. The maximum atomic E-state index is 12.6. The smallest absolute Gasteiger partial charge is 0.279 e. The molecule has 0 bridgehead atoms. The molecule has 0 saturated heterocycles. The highest BCUT2D eigenvalue weighted by Gasteiger charge is 2.24. The van der Waals surface area contributed by atoms with Crippen LogP contribution in [0.4, 0.5) is 17.2 Å². The highest BCUT2D eigenvalue weighted by atomic mass is 32.2. The molecular formula is C20H19N5O3S. The van der Waals surface area contributed by atoms with Crippen LogP contribution in [0.15, 0.2) is 69.5 Å². The second kappa shape index (κ2) is 8.18. The quantitative estimate of drug-likeness (QED) is 0.299. The Kier molecular flexibility index (Phi) is 5.45. The van der Waals surface area contributed by atoms with E-state index in [9.17, 15) is 10.0 Å². The van der Waals surface area contributed by atoms with Gasteiger partial charge in [0, 0.05) is 18.6 Å². The molecule has 9 heteroatoms. The van der Waals surface area contributed by atoms with Crippen LogP contribution in [0.25, 0.3) is 0 Å². The molecule has 2 atom stereocenters. The zero-order valence-corrected chi connectivity index (χ0v) is 16.4. The molecular weight excluding hydrogens is 390 g/mol. The SMILES string of the molecule is CSc1nc2c(c(=O)[nH]1)N=C(c1ccc([NH+]([O-])O)cc1)CC(c1ccccc1)N2. The van der Waals surface area contributed by atoms with Gasteiger partial charge in [-0.3, -0.25) is 9.78 Å². The van der Waals surface area contributed by atoms with Crippen molar-refractivity contribution in [2.75, 3.05) is 11.6 Å². The first-order valence-corrected chi connectivity index (χ1v) is 10.2. The Balaban J connectivity index is 1.83. The van der Waals surface area contributed by atoms with Gasteiger partial charge in [-0.15, -0.1) is 0 Å². The molecule has 0 aliphatic carbocycles. The van der Waals surface area contributed by atoms with E-state index in [0.29, 0.717) is 23.1 Å². The molecule has 2 aromatic carbocycles. The van der Waals surface area contributed by atoms with E-state index in [1.54, 1.807) is 12.1 Å². The number of benzene rings is 2. The zero-order chi connectivity index (χ0) is 20.4. The van der Waals surface area contributed by atoms with E-state index < -0.39 is 5.23 Å². The number of fused-ring (bicyclic) bond motifs is 1. The number of thioether (sulfide) groups is 1. The molecule has 4 N–H and O–H groups in total. The van der Waals surface area contributed by atoms with Gasteiger partial charge >= 0.3 is 0 Å². The van der Waals surface area contributed by atoms with E-state index in [1.807, 2.05) is 36.6 Å². The lowest BCUT2D eigenvalue weighted by Crippen LogP contribution is -2.99. The number of rotatable bonds is 4. The first-order chi connectivity index (χ1) is 14.0. The average Bonchev–Trinajstić information content (AvgIpc) is 2.94. The molecule has 2 heterocycles. The second-order valence-electron chi connectivity index (χ2n) is 6.53. The molecule has 29 heavy (non-hydrogen) atoms. The maximum absolute atomic E-state index is 12.6. The number of hydrogen-bond donors (Lipinski definition) is 4. The van der Waals surface area contributed by atoms with Gasteiger partial charge < -0.3 is 10.5 Å². The van der Waals surface area contributed by atoms with Gasteiger partial charge in [0.2, 0.25) is 0 Å². The van der Waals surface area contributed by atoms with Crippen molar-refractivity contribution in [3.05, 3.63) is 81.3 Å². The maximum Gasteiger partial charge on any atom is 0.279 e. The highest BCUT2D eigenvalue weighted by Crippen LogP contribution is 2.33. The van der Waals surface area contributed by atoms with Crippen molar-refractivity contribution in [1.82, 2.24) is 9.97 Å². The molecule has 2 unspecified atom stereocenters. The summed E-state index contributed by atoms with van der Waals surface area (Å²) in [5, 5.41) is 23.2. The summed E-state index contributed by atoms with van der Waals surface area (Å²) in [5.41, 5.74) is 2.59. The van der Waals surface area contributed by atoms with Gasteiger partial charge in [-0.2, -0.15) is 5.23 Å². The Labute approximate surface area is 170 Å². The molecule has 1 aromatic heterocycles. The van der Waals surface area contributed by atoms with Crippen LogP contribution in [0, 0.1) is 5.21 Å². The minimum atomic E-state index is -0.987. The van der Waals surface area contributed by atoms with Crippen LogP contribution in [0.3, 0.4) is 0 Å². The third-order valence-electron chi connectivity index (χ3n) is 4.69. The molecule has 0 radical (unpaired) electrons. The van der Waals surface area contributed by atoms with Gasteiger partial charge in [-0.1, -0.05) is 42.1 Å². The van der Waals surface area contributed by atoms with Gasteiger partial charge in [0.15, 0.2) is 22.3 Å². The molecule has 0 saturated carbocycles. The predicted molar refractivity (Wildman–Crippen MR) is 112 cm³/mol. The lowest BCUT2D eigenvalue weighted by Gasteiger charge is -2.19. The largest absolute Gasteiger partial charge is 0.595 e. The van der Waals surface area contributed by atoms with Crippen molar-refractivity contribution in [2.45, 2.75) is 17.6 Å². The van der Waals surface area contributed by atoms with Crippen molar-refractivity contribution in [2.24, 2.45) is 4.99 Å². The summed E-state index contributed by atoms with van der Waals surface area (Å²) in [4.78, 5) is 24.5. The lowest BCUT2D eigenvalue weighted by molar-refractivity contribution is -0.991. The van der Waals surface area contributed by atoms with Gasteiger partial charge in [-0.25, -0.2) is 15.2 Å². The van der Waals surface area contributed by atoms with Crippen molar-refractivity contribution in [3.63, 3.8) is 0 Å². The molecule has 0 fully saturated rings. The molecule has 3 aromatic rings. The molecule has 8 nitrogen and oxygen atoms in total. The van der Waals surface area contributed by atoms with Gasteiger partial charge in [-0.05, 0) is 29.5 Å². The van der Waals surface area contributed by atoms with Crippen LogP contribution in [-0.2, 0) is 0 Å². The first-order valence-electron chi connectivity index (χ1n) is 8.96. The predicted octanol–water partition coefficient (Wildman–Crippen LogP) is 2.57. The Bertz CT molecular complexity index is 1100. The molecule has 1 aliphatic rings. The molecule has 0 spiro atoms.